The molecule has 0 bridgehead atoms. The largest absolute Gasteiger partial charge is 0.497 e. The molecule has 1 aliphatic rings. The van der Waals surface area contributed by atoms with Gasteiger partial charge in [0.2, 0.25) is 0 Å². The van der Waals surface area contributed by atoms with Crippen molar-refractivity contribution >= 4 is 17.9 Å². The summed E-state index contributed by atoms with van der Waals surface area (Å²) >= 11 is 0. The second kappa shape index (κ2) is 7.36. The third-order valence-corrected chi connectivity index (χ3v) is 3.06. The number of ether oxygens (including phenoxy) is 2. The fraction of sp³-hybridized carbons (Fsp3) is 0.286. The Morgan fingerprint density at radius 1 is 1.39 bits per heavy atom. The van der Waals surface area contributed by atoms with Gasteiger partial charge in [0.05, 0.1) is 7.11 Å². The van der Waals surface area contributed by atoms with Crippen molar-refractivity contribution in [3.8, 4) is 5.75 Å². The molecular formula is C14H16N4O5. The number of carbonyl (C=O) groups is 1. The van der Waals surface area contributed by atoms with Crippen LogP contribution in [0.1, 0.15) is 5.56 Å². The van der Waals surface area contributed by atoms with Crippen LogP contribution >= 0.6 is 0 Å². The molecule has 1 saturated heterocycles. The summed E-state index contributed by atoms with van der Waals surface area (Å²) in [5.74, 6) is 0.179. The van der Waals surface area contributed by atoms with Gasteiger partial charge in [-0.2, -0.15) is 0 Å². The molecule has 0 saturated carbocycles. The van der Waals surface area contributed by atoms with Crippen LogP contribution in [0.25, 0.3) is 6.08 Å². The van der Waals surface area contributed by atoms with Crippen molar-refractivity contribution in [2.24, 2.45) is 5.10 Å². The highest BCUT2D eigenvalue weighted by atomic mass is 16.7. The Kier molecular flexibility index (Phi) is 5.26. The fourth-order valence-electron chi connectivity index (χ4n) is 1.93. The van der Waals surface area contributed by atoms with Crippen LogP contribution in [0.5, 0.6) is 5.75 Å². The predicted octanol–water partition coefficient (Wildman–Crippen LogP) is 0.962. The monoisotopic (exact) mass is 320 g/mol. The Morgan fingerprint density at radius 3 is 2.70 bits per heavy atom. The van der Waals surface area contributed by atoms with Crippen molar-refractivity contribution in [2.75, 3.05) is 27.6 Å². The zero-order valence-corrected chi connectivity index (χ0v) is 12.7. The van der Waals surface area contributed by atoms with Gasteiger partial charge in [0, 0.05) is 13.1 Å². The first-order valence-corrected chi connectivity index (χ1v) is 6.67. The van der Waals surface area contributed by atoms with Gasteiger partial charge in [-0.15, -0.1) is 0 Å². The normalized spacial score (nSPS) is 16.9. The highest BCUT2D eigenvalue weighted by Gasteiger charge is 2.28. The van der Waals surface area contributed by atoms with E-state index in [1.165, 1.54) is 11.0 Å². The number of nitrogens with zero attached hydrogens (tertiary/aromatic N) is 4. The van der Waals surface area contributed by atoms with E-state index in [9.17, 15) is 14.9 Å². The van der Waals surface area contributed by atoms with Crippen LogP contribution in [0.3, 0.4) is 0 Å². The Balaban J connectivity index is 2.13. The molecule has 23 heavy (non-hydrogen) atoms. The molecule has 0 unspecified atom stereocenters. The number of rotatable bonds is 4. The lowest BCUT2D eigenvalue weighted by atomic mass is 10.2. The van der Waals surface area contributed by atoms with E-state index in [1.807, 2.05) is 0 Å². The van der Waals surface area contributed by atoms with Crippen molar-refractivity contribution in [3.63, 3.8) is 0 Å². The molecule has 1 heterocycles. The molecule has 0 atom stereocenters. The van der Waals surface area contributed by atoms with Crippen LogP contribution in [0, 0.1) is 10.1 Å². The minimum Gasteiger partial charge on any atom is -0.497 e. The van der Waals surface area contributed by atoms with Gasteiger partial charge in [-0.3, -0.25) is 4.79 Å². The minimum atomic E-state index is -0.843. The Hall–Kier alpha value is -2.94. The summed E-state index contributed by atoms with van der Waals surface area (Å²) in [5, 5.41) is 13.0. The van der Waals surface area contributed by atoms with E-state index in [-0.39, 0.29) is 19.4 Å². The van der Waals surface area contributed by atoms with Crippen molar-refractivity contribution in [1.82, 2.24) is 9.80 Å². The topological polar surface area (TPSA) is 97.5 Å². The van der Waals surface area contributed by atoms with Crippen LogP contribution in [0.2, 0.25) is 0 Å². The first-order valence-electron chi connectivity index (χ1n) is 6.67. The number of amides is 1. The Bertz CT molecular complexity index is 641. The number of hydrogen-bond donors (Lipinski definition) is 0. The van der Waals surface area contributed by atoms with E-state index in [2.05, 4.69) is 5.10 Å². The van der Waals surface area contributed by atoms with E-state index in [0.717, 1.165) is 10.5 Å². The molecule has 2 rings (SSSR count). The molecule has 122 valence electrons. The second-order valence-electron chi connectivity index (χ2n) is 4.67. The lowest BCUT2D eigenvalue weighted by Gasteiger charge is -2.32. The average Bonchev–Trinajstić information content (AvgIpc) is 2.54. The molecule has 0 aromatic heterocycles. The molecule has 0 radical (unpaired) electrons. The van der Waals surface area contributed by atoms with E-state index in [0.29, 0.717) is 5.75 Å². The van der Waals surface area contributed by atoms with Gasteiger partial charge in [-0.25, -0.2) is 15.0 Å². The van der Waals surface area contributed by atoms with Crippen LogP contribution in [0.4, 0.5) is 0 Å². The van der Waals surface area contributed by atoms with Crippen LogP contribution < -0.4 is 4.74 Å². The third-order valence-electron chi connectivity index (χ3n) is 3.06. The van der Waals surface area contributed by atoms with Crippen LogP contribution in [-0.2, 0) is 9.53 Å². The van der Waals surface area contributed by atoms with E-state index < -0.39 is 10.9 Å². The van der Waals surface area contributed by atoms with Crippen molar-refractivity contribution in [1.29, 1.82) is 0 Å². The molecule has 9 nitrogen and oxygen atoms in total. The van der Waals surface area contributed by atoms with Gasteiger partial charge < -0.3 is 14.4 Å². The SMILES string of the molecule is COc1ccc(/C=C/C(=O)N2COCN(C)/C2=N\[N+](=O)[O-])cc1. The Morgan fingerprint density at radius 2 is 2.09 bits per heavy atom. The number of guanidine groups is 1. The zero-order valence-electron chi connectivity index (χ0n) is 12.7. The molecule has 0 aliphatic carbocycles. The molecule has 9 heteroatoms. The van der Waals surface area contributed by atoms with Crippen molar-refractivity contribution in [2.45, 2.75) is 0 Å². The summed E-state index contributed by atoms with van der Waals surface area (Å²) in [6.07, 6.45) is 2.90. The van der Waals surface area contributed by atoms with E-state index >= 15 is 0 Å². The summed E-state index contributed by atoms with van der Waals surface area (Å²) in [5.41, 5.74) is 0.790. The zero-order chi connectivity index (χ0) is 16.8. The number of hydrazone groups is 1. The van der Waals surface area contributed by atoms with Gasteiger partial charge in [0.1, 0.15) is 24.3 Å². The summed E-state index contributed by atoms with van der Waals surface area (Å²) in [4.78, 5) is 25.3. The number of hydrogen-bond acceptors (Lipinski definition) is 5. The van der Waals surface area contributed by atoms with Crippen molar-refractivity contribution in [3.05, 3.63) is 46.0 Å². The highest BCUT2D eigenvalue weighted by molar-refractivity contribution is 6.03. The smallest absolute Gasteiger partial charge is 0.284 e. The van der Waals surface area contributed by atoms with Gasteiger partial charge in [0.15, 0.2) is 5.03 Å². The molecular weight excluding hydrogens is 304 g/mol. The van der Waals surface area contributed by atoms with Crippen molar-refractivity contribution < 1.29 is 19.3 Å². The second-order valence-corrected chi connectivity index (χ2v) is 4.67. The maximum Gasteiger partial charge on any atom is 0.284 e. The Labute approximate surface area is 132 Å². The van der Waals surface area contributed by atoms with E-state index in [4.69, 9.17) is 9.47 Å². The van der Waals surface area contributed by atoms with E-state index in [1.54, 1.807) is 44.5 Å². The molecule has 1 aromatic carbocycles. The highest BCUT2D eigenvalue weighted by Crippen LogP contribution is 2.13. The quantitative estimate of drug-likeness (QED) is 0.466. The number of methoxy groups -OCH3 is 1. The maximum absolute atomic E-state index is 12.2. The van der Waals surface area contributed by atoms with Gasteiger partial charge in [-0.05, 0) is 23.8 Å². The molecule has 0 spiro atoms. The molecule has 0 N–H and O–H groups in total. The minimum absolute atomic E-state index is 0.0642. The van der Waals surface area contributed by atoms with Crippen LogP contribution in [-0.4, -0.2) is 54.3 Å². The molecule has 1 aromatic rings. The molecule has 1 aliphatic heterocycles. The standard InChI is InChI=1S/C14H16N4O5/c1-16-9-23-10-17(14(16)15-18(20)21)13(19)8-5-11-3-6-12(22-2)7-4-11/h3-8H,9-10H2,1-2H3/b8-5+,15-14+. The summed E-state index contributed by atoms with van der Waals surface area (Å²) in [6.45, 7) is 0.0292. The number of carbonyl (C=O) groups excluding carboxylic acids is 1. The molecule has 1 fully saturated rings. The first kappa shape index (κ1) is 16.4. The van der Waals surface area contributed by atoms with Gasteiger partial charge >= 0.3 is 0 Å². The lowest BCUT2D eigenvalue weighted by Crippen LogP contribution is -2.52. The summed E-state index contributed by atoms with van der Waals surface area (Å²) < 4.78 is 10.2. The third kappa shape index (κ3) is 4.27. The summed E-state index contributed by atoms with van der Waals surface area (Å²) in [7, 11) is 3.12. The van der Waals surface area contributed by atoms with Crippen LogP contribution in [0.15, 0.2) is 35.4 Å². The average molecular weight is 320 g/mol. The first-order chi connectivity index (χ1) is 11.0. The van der Waals surface area contributed by atoms with Gasteiger partial charge in [-0.1, -0.05) is 12.1 Å². The van der Waals surface area contributed by atoms with Gasteiger partial charge in [0.25, 0.3) is 11.9 Å². The fourth-order valence-corrected chi connectivity index (χ4v) is 1.93. The number of benzene rings is 1. The predicted molar refractivity (Wildman–Crippen MR) is 81.9 cm³/mol. The lowest BCUT2D eigenvalue weighted by molar-refractivity contribution is -0.486. The summed E-state index contributed by atoms with van der Waals surface area (Å²) in [6, 6.07) is 7.10. The number of nitro groups is 1. The molecule has 1 amide bonds. The maximum atomic E-state index is 12.2.